The Labute approximate surface area is 121 Å². The van der Waals surface area contributed by atoms with E-state index >= 15 is 0 Å². The van der Waals surface area contributed by atoms with E-state index in [0.29, 0.717) is 13.2 Å². The summed E-state index contributed by atoms with van der Waals surface area (Å²) in [4.78, 5) is 12.5. The zero-order valence-corrected chi connectivity index (χ0v) is 12.9. The van der Waals surface area contributed by atoms with Crippen molar-refractivity contribution in [3.63, 3.8) is 0 Å². The summed E-state index contributed by atoms with van der Waals surface area (Å²) in [7, 11) is 0. The molecule has 1 aliphatic heterocycles. The molecule has 20 heavy (non-hydrogen) atoms. The Morgan fingerprint density at radius 3 is 2.90 bits per heavy atom. The number of amides is 1. The Morgan fingerprint density at radius 2 is 2.20 bits per heavy atom. The third-order valence-corrected chi connectivity index (χ3v) is 4.93. The van der Waals surface area contributed by atoms with Gasteiger partial charge < -0.3 is 20.5 Å². The predicted molar refractivity (Wildman–Crippen MR) is 77.3 cm³/mol. The third kappa shape index (κ3) is 2.36. The number of hydrogen-bond acceptors (Lipinski definition) is 4. The van der Waals surface area contributed by atoms with Gasteiger partial charge in [-0.25, -0.2) is 0 Å². The van der Waals surface area contributed by atoms with Crippen LogP contribution >= 0.6 is 0 Å². The molecule has 0 aromatic heterocycles. The maximum atomic E-state index is 12.5. The number of carbonyl (C=O) groups is 1. The normalized spacial score (nSPS) is 34.4. The van der Waals surface area contributed by atoms with Gasteiger partial charge in [0.25, 0.3) is 0 Å². The van der Waals surface area contributed by atoms with Crippen molar-refractivity contribution in [3.05, 3.63) is 0 Å². The Balaban J connectivity index is 1.80. The minimum Gasteiger partial charge on any atom is -0.381 e. The second kappa shape index (κ2) is 6.00. The van der Waals surface area contributed by atoms with Crippen molar-refractivity contribution in [1.82, 2.24) is 5.32 Å². The number of carbonyl (C=O) groups excluding carboxylic acids is 1. The van der Waals surface area contributed by atoms with Crippen molar-refractivity contribution in [2.45, 2.75) is 51.7 Å². The van der Waals surface area contributed by atoms with Crippen molar-refractivity contribution in [1.29, 1.82) is 0 Å². The fourth-order valence-electron chi connectivity index (χ4n) is 3.61. The number of nitrogens with one attached hydrogen (secondary N) is 1. The number of hydrogen-bond donors (Lipinski definition) is 2. The van der Waals surface area contributed by atoms with Gasteiger partial charge in [0, 0.05) is 37.7 Å². The van der Waals surface area contributed by atoms with E-state index in [1.54, 1.807) is 0 Å². The minimum atomic E-state index is -0.793. The lowest BCUT2D eigenvalue weighted by molar-refractivity contribution is -0.175. The molecule has 1 heterocycles. The summed E-state index contributed by atoms with van der Waals surface area (Å²) in [5.74, 6) is 0.124. The van der Waals surface area contributed by atoms with Crippen LogP contribution < -0.4 is 11.1 Å². The summed E-state index contributed by atoms with van der Waals surface area (Å²) in [5, 5.41) is 2.97. The van der Waals surface area contributed by atoms with Gasteiger partial charge in [-0.1, -0.05) is 20.8 Å². The molecule has 3 atom stereocenters. The molecule has 5 heteroatoms. The zero-order valence-electron chi connectivity index (χ0n) is 12.9. The quantitative estimate of drug-likeness (QED) is 0.686. The molecule has 2 fully saturated rings. The summed E-state index contributed by atoms with van der Waals surface area (Å²) in [6, 6.07) is 0. The topological polar surface area (TPSA) is 73.6 Å². The zero-order chi connectivity index (χ0) is 14.8. The fourth-order valence-corrected chi connectivity index (χ4v) is 3.61. The average molecular weight is 284 g/mol. The highest BCUT2D eigenvalue weighted by Crippen LogP contribution is 2.58. The van der Waals surface area contributed by atoms with E-state index in [2.05, 4.69) is 12.2 Å². The van der Waals surface area contributed by atoms with Crippen LogP contribution in [0.25, 0.3) is 0 Å². The van der Waals surface area contributed by atoms with Crippen molar-refractivity contribution < 1.29 is 14.3 Å². The molecule has 2 aliphatic rings. The highest BCUT2D eigenvalue weighted by atomic mass is 16.5. The first kappa shape index (κ1) is 15.7. The first-order valence-electron chi connectivity index (χ1n) is 7.72. The van der Waals surface area contributed by atoms with Crippen LogP contribution in [0.2, 0.25) is 0 Å². The summed E-state index contributed by atoms with van der Waals surface area (Å²) >= 11 is 0. The fraction of sp³-hybridized carbons (Fsp3) is 0.933. The molecule has 1 amide bonds. The van der Waals surface area contributed by atoms with Crippen molar-refractivity contribution in [3.8, 4) is 0 Å². The van der Waals surface area contributed by atoms with E-state index in [-0.39, 0.29) is 23.3 Å². The van der Waals surface area contributed by atoms with Crippen LogP contribution in [0, 0.1) is 11.3 Å². The number of nitrogens with two attached hydrogens (primary N) is 1. The highest BCUT2D eigenvalue weighted by molar-refractivity contribution is 5.89. The first-order chi connectivity index (χ1) is 9.46. The second-order valence-corrected chi connectivity index (χ2v) is 6.50. The van der Waals surface area contributed by atoms with Crippen LogP contribution in [0.1, 0.15) is 40.0 Å². The van der Waals surface area contributed by atoms with Crippen molar-refractivity contribution in [2.75, 3.05) is 26.4 Å². The van der Waals surface area contributed by atoms with Crippen LogP contribution in [-0.4, -0.2) is 43.9 Å². The molecule has 2 rings (SSSR count). The van der Waals surface area contributed by atoms with Gasteiger partial charge in [0.2, 0.25) is 5.91 Å². The molecule has 3 unspecified atom stereocenters. The first-order valence-corrected chi connectivity index (χ1v) is 7.72. The van der Waals surface area contributed by atoms with Gasteiger partial charge >= 0.3 is 0 Å². The van der Waals surface area contributed by atoms with Gasteiger partial charge in [0.1, 0.15) is 5.54 Å². The summed E-state index contributed by atoms with van der Waals surface area (Å²) < 4.78 is 11.1. The number of fused-ring (bicyclic) bond motifs is 1. The van der Waals surface area contributed by atoms with E-state index in [1.165, 1.54) is 0 Å². The second-order valence-electron chi connectivity index (χ2n) is 6.50. The van der Waals surface area contributed by atoms with Crippen LogP contribution in [0.15, 0.2) is 0 Å². The molecule has 1 saturated heterocycles. The molecule has 1 saturated carbocycles. The van der Waals surface area contributed by atoms with Gasteiger partial charge in [0.15, 0.2) is 0 Å². The lowest BCUT2D eigenvalue weighted by Gasteiger charge is -2.60. The molecule has 3 N–H and O–H groups in total. The molecule has 0 aromatic carbocycles. The largest absolute Gasteiger partial charge is 0.381 e. The standard InChI is InChI=1S/C15H28N2O3/c1-4-8-19-9-5-7-17-13(18)15(16)11-6-10-20-12(11)14(15,2)3/h11-12H,4-10,16H2,1-3H3,(H,17,18). The van der Waals surface area contributed by atoms with E-state index in [9.17, 15) is 4.79 Å². The number of rotatable bonds is 7. The van der Waals surface area contributed by atoms with Gasteiger partial charge in [-0.3, -0.25) is 4.79 Å². The van der Waals surface area contributed by atoms with Crippen LogP contribution in [0.5, 0.6) is 0 Å². The molecule has 0 spiro atoms. The molecular weight excluding hydrogens is 256 g/mol. The molecule has 0 radical (unpaired) electrons. The molecular formula is C15H28N2O3. The molecule has 5 nitrogen and oxygen atoms in total. The van der Waals surface area contributed by atoms with Crippen molar-refractivity contribution >= 4 is 5.91 Å². The maximum Gasteiger partial charge on any atom is 0.241 e. The molecule has 1 aliphatic carbocycles. The van der Waals surface area contributed by atoms with Crippen LogP contribution in [0.3, 0.4) is 0 Å². The molecule has 0 aromatic rings. The predicted octanol–water partition coefficient (Wildman–Crippen LogP) is 1.06. The molecule has 0 bridgehead atoms. The molecule has 116 valence electrons. The van der Waals surface area contributed by atoms with Gasteiger partial charge in [-0.2, -0.15) is 0 Å². The summed E-state index contributed by atoms with van der Waals surface area (Å²) in [6.07, 6.45) is 2.87. The minimum absolute atomic E-state index is 0.0373. The highest BCUT2D eigenvalue weighted by Gasteiger charge is 2.71. The van der Waals surface area contributed by atoms with E-state index in [0.717, 1.165) is 32.5 Å². The number of ether oxygens (including phenoxy) is 2. The summed E-state index contributed by atoms with van der Waals surface area (Å²) in [6.45, 7) is 8.95. The maximum absolute atomic E-state index is 12.5. The van der Waals surface area contributed by atoms with Crippen LogP contribution in [0.4, 0.5) is 0 Å². The van der Waals surface area contributed by atoms with Crippen LogP contribution in [-0.2, 0) is 14.3 Å². The lowest BCUT2D eigenvalue weighted by Crippen LogP contribution is -2.80. The monoisotopic (exact) mass is 284 g/mol. The van der Waals surface area contributed by atoms with E-state index in [4.69, 9.17) is 15.2 Å². The summed E-state index contributed by atoms with van der Waals surface area (Å²) in [5.41, 5.74) is 5.36. The van der Waals surface area contributed by atoms with E-state index in [1.807, 2.05) is 13.8 Å². The third-order valence-electron chi connectivity index (χ3n) is 4.93. The Hall–Kier alpha value is -0.650. The van der Waals surface area contributed by atoms with Gasteiger partial charge in [0.05, 0.1) is 6.10 Å². The van der Waals surface area contributed by atoms with E-state index < -0.39 is 5.54 Å². The lowest BCUT2D eigenvalue weighted by atomic mass is 9.48. The van der Waals surface area contributed by atoms with Gasteiger partial charge in [-0.05, 0) is 19.3 Å². The Kier molecular flexibility index (Phi) is 4.72. The Bertz CT molecular complexity index is 359. The van der Waals surface area contributed by atoms with Crippen molar-refractivity contribution in [2.24, 2.45) is 17.1 Å². The SMILES string of the molecule is CCCOCCCNC(=O)C1(N)C2CCOC2C1(C)C. The van der Waals surface area contributed by atoms with Gasteiger partial charge in [-0.15, -0.1) is 0 Å². The smallest absolute Gasteiger partial charge is 0.241 e. The average Bonchev–Trinajstić information content (AvgIpc) is 2.89. The Morgan fingerprint density at radius 1 is 1.45 bits per heavy atom.